The monoisotopic (exact) mass is 388 g/mol. The molecule has 6 nitrogen and oxygen atoms in total. The van der Waals surface area contributed by atoms with Crippen molar-refractivity contribution < 1.29 is 22.7 Å². The van der Waals surface area contributed by atoms with Gasteiger partial charge >= 0.3 is 6.36 Å². The predicted molar refractivity (Wildman–Crippen MR) is 98.7 cm³/mol. The van der Waals surface area contributed by atoms with Crippen molar-refractivity contribution in [2.24, 2.45) is 4.99 Å². The van der Waals surface area contributed by atoms with E-state index < -0.39 is 6.36 Å². The Morgan fingerprint density at radius 1 is 1.11 bits per heavy atom. The molecular weight excluding hydrogens is 361 g/mol. The molecule has 1 aromatic carbocycles. The maximum Gasteiger partial charge on any atom is 0.573 e. The molecule has 1 amide bonds. The van der Waals surface area contributed by atoms with Crippen LogP contribution in [-0.4, -0.2) is 43.4 Å². The molecule has 27 heavy (non-hydrogen) atoms. The molecule has 0 fully saturated rings. The molecule has 9 heteroatoms. The summed E-state index contributed by atoms with van der Waals surface area (Å²) in [5, 5.41) is 8.95. The van der Waals surface area contributed by atoms with Gasteiger partial charge in [-0.05, 0) is 51.8 Å². The van der Waals surface area contributed by atoms with Crippen LogP contribution in [0.4, 0.5) is 13.2 Å². The number of halogens is 3. The molecule has 152 valence electrons. The fourth-order valence-electron chi connectivity index (χ4n) is 2.13. The first kappa shape index (κ1) is 22.6. The lowest BCUT2D eigenvalue weighted by atomic mass is 10.1. The number of nitrogens with zero attached hydrogens (tertiary/aromatic N) is 1. The first-order chi connectivity index (χ1) is 12.5. The van der Waals surface area contributed by atoms with Crippen LogP contribution in [0.2, 0.25) is 0 Å². The van der Waals surface area contributed by atoms with Gasteiger partial charge in [0.2, 0.25) is 5.91 Å². The van der Waals surface area contributed by atoms with Crippen LogP contribution in [-0.2, 0) is 11.2 Å². The van der Waals surface area contributed by atoms with Crippen LogP contribution in [0.5, 0.6) is 5.75 Å². The summed E-state index contributed by atoms with van der Waals surface area (Å²) in [5.41, 5.74) is 0.527. The van der Waals surface area contributed by atoms with Gasteiger partial charge in [0.25, 0.3) is 0 Å². The summed E-state index contributed by atoms with van der Waals surface area (Å²) in [5.74, 6) is 0.0671. The first-order valence-corrected chi connectivity index (χ1v) is 8.66. The van der Waals surface area contributed by atoms with Gasteiger partial charge in [-0.1, -0.05) is 12.1 Å². The number of hydrogen-bond acceptors (Lipinski definition) is 3. The lowest BCUT2D eigenvalue weighted by Crippen LogP contribution is -2.43. The number of amides is 1. The quantitative estimate of drug-likeness (QED) is 0.496. The highest BCUT2D eigenvalue weighted by atomic mass is 19.4. The molecule has 0 aliphatic carbocycles. The molecule has 0 unspecified atom stereocenters. The highest BCUT2D eigenvalue weighted by Crippen LogP contribution is 2.22. The van der Waals surface area contributed by atoms with Crippen molar-refractivity contribution in [3.63, 3.8) is 0 Å². The zero-order valence-corrected chi connectivity index (χ0v) is 16.0. The average molecular weight is 388 g/mol. The lowest BCUT2D eigenvalue weighted by Gasteiger charge is -2.20. The minimum atomic E-state index is -4.69. The van der Waals surface area contributed by atoms with Gasteiger partial charge in [0.05, 0.1) is 0 Å². The number of rotatable bonds is 7. The van der Waals surface area contributed by atoms with E-state index in [1.165, 1.54) is 12.1 Å². The van der Waals surface area contributed by atoms with Crippen molar-refractivity contribution in [2.75, 3.05) is 19.6 Å². The number of benzene rings is 1. The third-order valence-corrected chi connectivity index (χ3v) is 3.10. The van der Waals surface area contributed by atoms with Gasteiger partial charge in [0.15, 0.2) is 5.96 Å². The van der Waals surface area contributed by atoms with Gasteiger partial charge in [-0.3, -0.25) is 4.79 Å². The Labute approximate surface area is 157 Å². The Morgan fingerprint density at radius 2 is 1.74 bits per heavy atom. The Morgan fingerprint density at radius 3 is 2.26 bits per heavy atom. The largest absolute Gasteiger partial charge is 0.573 e. The van der Waals surface area contributed by atoms with Crippen LogP contribution in [0, 0.1) is 0 Å². The standard InChI is InChI=1S/C18H27F3N4O2/c1-5-22-16(24-12-15(26)25-17(2,3)4)23-11-10-13-6-8-14(9-7-13)27-18(19,20)21/h6-9H,5,10-12H2,1-4H3,(H,25,26)(H2,22,23,24). The van der Waals surface area contributed by atoms with Crippen LogP contribution in [0.15, 0.2) is 29.3 Å². The van der Waals surface area contributed by atoms with E-state index in [1.807, 2.05) is 27.7 Å². The summed E-state index contributed by atoms with van der Waals surface area (Å²) in [4.78, 5) is 16.0. The molecule has 0 bridgehead atoms. The second kappa shape index (κ2) is 10.0. The van der Waals surface area contributed by atoms with Crippen LogP contribution in [0.3, 0.4) is 0 Å². The lowest BCUT2D eigenvalue weighted by molar-refractivity contribution is -0.274. The summed E-state index contributed by atoms with van der Waals surface area (Å²) in [6.07, 6.45) is -4.12. The molecule has 0 aliphatic heterocycles. The highest BCUT2D eigenvalue weighted by Gasteiger charge is 2.30. The van der Waals surface area contributed by atoms with Gasteiger partial charge in [-0.15, -0.1) is 13.2 Å². The van der Waals surface area contributed by atoms with E-state index in [1.54, 1.807) is 12.1 Å². The van der Waals surface area contributed by atoms with E-state index in [-0.39, 0.29) is 23.7 Å². The van der Waals surface area contributed by atoms with Gasteiger partial charge in [-0.25, -0.2) is 4.99 Å². The summed E-state index contributed by atoms with van der Waals surface area (Å²) in [6, 6.07) is 5.70. The van der Waals surface area contributed by atoms with Crippen molar-refractivity contribution in [3.05, 3.63) is 29.8 Å². The molecule has 0 aromatic heterocycles. The van der Waals surface area contributed by atoms with Crippen molar-refractivity contribution in [3.8, 4) is 5.75 Å². The second-order valence-corrected chi connectivity index (χ2v) is 6.86. The first-order valence-electron chi connectivity index (χ1n) is 8.66. The van der Waals surface area contributed by atoms with Crippen molar-refractivity contribution in [1.82, 2.24) is 16.0 Å². The highest BCUT2D eigenvalue weighted by molar-refractivity contribution is 5.85. The SMILES string of the molecule is CCNC(=NCC(=O)NC(C)(C)C)NCCc1ccc(OC(F)(F)F)cc1. The minimum absolute atomic E-state index is 0.00389. The van der Waals surface area contributed by atoms with Crippen LogP contribution < -0.4 is 20.7 Å². The minimum Gasteiger partial charge on any atom is -0.406 e. The Balaban J connectivity index is 2.50. The molecule has 3 N–H and O–H groups in total. The van der Waals surface area contributed by atoms with Crippen LogP contribution >= 0.6 is 0 Å². The number of carbonyl (C=O) groups excluding carboxylic acids is 1. The summed E-state index contributed by atoms with van der Waals surface area (Å²) in [7, 11) is 0. The van der Waals surface area contributed by atoms with E-state index in [2.05, 4.69) is 25.7 Å². The zero-order chi connectivity index (χ0) is 20.5. The fourth-order valence-corrected chi connectivity index (χ4v) is 2.13. The molecule has 0 aliphatic rings. The Bertz CT molecular complexity index is 623. The number of guanidine groups is 1. The topological polar surface area (TPSA) is 74.8 Å². The third-order valence-electron chi connectivity index (χ3n) is 3.10. The summed E-state index contributed by atoms with van der Waals surface area (Å²) < 4.78 is 40.3. The number of aliphatic imine (C=N–C) groups is 1. The van der Waals surface area contributed by atoms with E-state index >= 15 is 0 Å². The summed E-state index contributed by atoms with van der Waals surface area (Å²) >= 11 is 0. The van der Waals surface area contributed by atoms with Gasteiger partial charge in [0, 0.05) is 18.6 Å². The Hall–Kier alpha value is -2.45. The molecule has 0 spiro atoms. The molecule has 0 saturated carbocycles. The molecule has 1 aromatic rings. The number of alkyl halides is 3. The third kappa shape index (κ3) is 11.0. The predicted octanol–water partition coefficient (Wildman–Crippen LogP) is 2.60. The molecule has 1 rings (SSSR count). The zero-order valence-electron chi connectivity index (χ0n) is 16.0. The number of carbonyl (C=O) groups is 1. The summed E-state index contributed by atoms with van der Waals surface area (Å²) in [6.45, 7) is 8.72. The molecule has 0 heterocycles. The van der Waals surface area contributed by atoms with Crippen molar-refractivity contribution >= 4 is 11.9 Å². The van der Waals surface area contributed by atoms with Crippen molar-refractivity contribution in [2.45, 2.75) is 46.0 Å². The van der Waals surface area contributed by atoms with Gasteiger partial charge in [0.1, 0.15) is 12.3 Å². The van der Waals surface area contributed by atoms with E-state index in [0.717, 1.165) is 5.56 Å². The van der Waals surface area contributed by atoms with Crippen LogP contribution in [0.25, 0.3) is 0 Å². The van der Waals surface area contributed by atoms with Crippen molar-refractivity contribution in [1.29, 1.82) is 0 Å². The maximum atomic E-state index is 12.1. The Kier molecular flexibility index (Phi) is 8.39. The molecule has 0 radical (unpaired) electrons. The van der Waals surface area contributed by atoms with E-state index in [0.29, 0.717) is 25.5 Å². The number of nitrogens with one attached hydrogen (secondary N) is 3. The second-order valence-electron chi connectivity index (χ2n) is 6.86. The number of hydrogen-bond donors (Lipinski definition) is 3. The van der Waals surface area contributed by atoms with Gasteiger partial charge < -0.3 is 20.7 Å². The van der Waals surface area contributed by atoms with Gasteiger partial charge in [-0.2, -0.15) is 0 Å². The molecule has 0 saturated heterocycles. The smallest absolute Gasteiger partial charge is 0.406 e. The molecular formula is C18H27F3N4O2. The number of ether oxygens (including phenoxy) is 1. The fraction of sp³-hybridized carbons (Fsp3) is 0.556. The van der Waals surface area contributed by atoms with E-state index in [4.69, 9.17) is 0 Å². The normalized spacial score (nSPS) is 12.5. The van der Waals surface area contributed by atoms with Crippen LogP contribution in [0.1, 0.15) is 33.3 Å². The molecule has 0 atom stereocenters. The van der Waals surface area contributed by atoms with E-state index in [9.17, 15) is 18.0 Å². The average Bonchev–Trinajstić information content (AvgIpc) is 2.51. The maximum absolute atomic E-state index is 12.1.